The number of aryl methyl sites for hydroxylation is 4. The van der Waals surface area contributed by atoms with Gasteiger partial charge < -0.3 is 4.74 Å². The van der Waals surface area contributed by atoms with Gasteiger partial charge in [-0.2, -0.15) is 0 Å². The molecule has 5 heteroatoms. The van der Waals surface area contributed by atoms with E-state index in [4.69, 9.17) is 4.74 Å². The van der Waals surface area contributed by atoms with E-state index in [0.717, 1.165) is 36.8 Å². The van der Waals surface area contributed by atoms with Crippen molar-refractivity contribution in [1.82, 2.24) is 0 Å². The first-order chi connectivity index (χ1) is 24.0. The summed E-state index contributed by atoms with van der Waals surface area (Å²) in [4.78, 5) is 0. The van der Waals surface area contributed by atoms with Crippen LogP contribution in [0.1, 0.15) is 69.6 Å². The van der Waals surface area contributed by atoms with Crippen molar-refractivity contribution >= 4 is 0 Å². The van der Waals surface area contributed by atoms with Crippen molar-refractivity contribution in [2.75, 3.05) is 0 Å². The highest BCUT2D eigenvalue weighted by atomic mass is 19.1. The van der Waals surface area contributed by atoms with Crippen LogP contribution in [-0.4, -0.2) is 0 Å². The summed E-state index contributed by atoms with van der Waals surface area (Å²) in [5.74, 6) is -3.09. The maximum absolute atomic E-state index is 16.0. The summed E-state index contributed by atoms with van der Waals surface area (Å²) in [6.45, 7) is 0. The summed E-state index contributed by atoms with van der Waals surface area (Å²) in [7, 11) is 0. The number of benzene rings is 6. The molecule has 0 fully saturated rings. The van der Waals surface area contributed by atoms with E-state index in [0.29, 0.717) is 35.1 Å². The van der Waals surface area contributed by atoms with Crippen LogP contribution >= 0.6 is 0 Å². The number of hydrogen-bond donors (Lipinski definition) is 0. The smallest absolute Gasteiger partial charge is 0.132 e. The minimum absolute atomic E-state index is 0.308. The van der Waals surface area contributed by atoms with Crippen molar-refractivity contribution in [3.05, 3.63) is 213 Å². The summed E-state index contributed by atoms with van der Waals surface area (Å²) in [5.41, 5.74) is 3.66. The van der Waals surface area contributed by atoms with E-state index < -0.39 is 35.5 Å². The molecule has 0 saturated carbocycles. The van der Waals surface area contributed by atoms with Gasteiger partial charge in [-0.1, -0.05) is 121 Å². The number of halogens is 4. The fourth-order valence-corrected chi connectivity index (χ4v) is 6.36. The van der Waals surface area contributed by atoms with Crippen LogP contribution in [0.15, 0.2) is 146 Å². The molecule has 0 aliphatic rings. The number of hydrogen-bond acceptors (Lipinski definition) is 1. The predicted octanol–water partition coefficient (Wildman–Crippen LogP) is 11.5. The average Bonchev–Trinajstić information content (AvgIpc) is 3.11. The Morgan fingerprint density at radius 2 is 0.653 bits per heavy atom. The van der Waals surface area contributed by atoms with Crippen LogP contribution in [-0.2, 0) is 30.4 Å². The molecule has 6 rings (SSSR count). The van der Waals surface area contributed by atoms with Gasteiger partial charge in [0.15, 0.2) is 0 Å². The molecule has 6 aromatic carbocycles. The molecule has 0 amide bonds. The highest BCUT2D eigenvalue weighted by molar-refractivity contribution is 5.39. The van der Waals surface area contributed by atoms with Crippen LogP contribution in [0, 0.1) is 23.3 Å². The molecular weight excluding hydrogens is 620 g/mol. The van der Waals surface area contributed by atoms with E-state index >= 15 is 17.6 Å². The van der Waals surface area contributed by atoms with Gasteiger partial charge in [0.05, 0.1) is 11.1 Å². The Balaban J connectivity index is 1.31. The van der Waals surface area contributed by atoms with Crippen LogP contribution in [0.25, 0.3) is 0 Å². The van der Waals surface area contributed by atoms with Gasteiger partial charge in [-0.05, 0) is 96.2 Å². The summed E-state index contributed by atoms with van der Waals surface area (Å²) < 4.78 is 70.7. The van der Waals surface area contributed by atoms with Crippen LogP contribution in [0.2, 0.25) is 0 Å². The Kier molecular flexibility index (Phi) is 11.3. The van der Waals surface area contributed by atoms with Crippen LogP contribution in [0.5, 0.6) is 0 Å². The Labute approximate surface area is 285 Å². The standard InChI is InChI=1S/C44H38F4O/c45-37-27-33(21-13-19-31-15-5-1-6-16-31)28-38(46)41(37)43(35-23-9-3-10-24-35)49-44(36-25-11-4-12-26-36)42-39(47)29-34(30-40(42)48)22-14-20-32-17-7-2-8-18-32/h1-12,15-18,23-30,43-44H,13-14,19-22H2. The van der Waals surface area contributed by atoms with Crippen LogP contribution in [0.4, 0.5) is 17.6 Å². The molecule has 6 aromatic rings. The molecule has 49 heavy (non-hydrogen) atoms. The lowest BCUT2D eigenvalue weighted by Crippen LogP contribution is -2.18. The SMILES string of the molecule is Fc1cc(CCCc2ccccc2)cc(F)c1C(OC(c1ccccc1)c1c(F)cc(CCCc2ccccc2)cc1F)c1ccccc1. The van der Waals surface area contributed by atoms with Crippen LogP contribution < -0.4 is 0 Å². The van der Waals surface area contributed by atoms with E-state index in [1.165, 1.54) is 24.3 Å². The van der Waals surface area contributed by atoms with E-state index in [2.05, 4.69) is 0 Å². The lowest BCUT2D eigenvalue weighted by molar-refractivity contribution is 0.0230. The van der Waals surface area contributed by atoms with Gasteiger partial charge in [-0.3, -0.25) is 0 Å². The third-order valence-corrected chi connectivity index (χ3v) is 8.83. The minimum atomic E-state index is -1.30. The summed E-state index contributed by atoms with van der Waals surface area (Å²) in [5, 5.41) is 0. The first kappa shape index (κ1) is 33.9. The monoisotopic (exact) mass is 658 g/mol. The fourth-order valence-electron chi connectivity index (χ4n) is 6.36. The van der Waals surface area contributed by atoms with E-state index in [1.807, 2.05) is 60.7 Å². The number of rotatable bonds is 14. The molecular formula is C44H38F4O. The van der Waals surface area contributed by atoms with E-state index in [9.17, 15) is 0 Å². The second kappa shape index (κ2) is 16.4. The third-order valence-electron chi connectivity index (χ3n) is 8.83. The Bertz CT molecular complexity index is 1740. The largest absolute Gasteiger partial charge is 0.356 e. The zero-order valence-corrected chi connectivity index (χ0v) is 27.2. The van der Waals surface area contributed by atoms with Gasteiger partial charge in [0.2, 0.25) is 0 Å². The fraction of sp³-hybridized carbons (Fsp3) is 0.182. The van der Waals surface area contributed by atoms with Gasteiger partial charge in [0.25, 0.3) is 0 Å². The van der Waals surface area contributed by atoms with Gasteiger partial charge in [-0.25, -0.2) is 17.6 Å². The first-order valence-corrected chi connectivity index (χ1v) is 16.7. The molecule has 0 aliphatic carbocycles. The molecule has 2 unspecified atom stereocenters. The van der Waals surface area contributed by atoms with Gasteiger partial charge in [0, 0.05) is 0 Å². The molecule has 248 valence electrons. The topological polar surface area (TPSA) is 9.23 Å². The van der Waals surface area contributed by atoms with E-state index in [-0.39, 0.29) is 11.1 Å². The second-order valence-electron chi connectivity index (χ2n) is 12.3. The molecule has 0 N–H and O–H groups in total. The zero-order chi connectivity index (χ0) is 34.0. The molecule has 1 nitrogen and oxygen atoms in total. The highest BCUT2D eigenvalue weighted by Crippen LogP contribution is 2.40. The van der Waals surface area contributed by atoms with Crippen molar-refractivity contribution in [1.29, 1.82) is 0 Å². The van der Waals surface area contributed by atoms with Crippen molar-refractivity contribution in [2.24, 2.45) is 0 Å². The lowest BCUT2D eigenvalue weighted by Gasteiger charge is -2.28. The van der Waals surface area contributed by atoms with Crippen molar-refractivity contribution in [2.45, 2.75) is 50.7 Å². The molecule has 0 heterocycles. The molecule has 0 aromatic heterocycles. The molecule has 2 atom stereocenters. The summed E-state index contributed by atoms with van der Waals surface area (Å²) >= 11 is 0. The molecule has 0 bridgehead atoms. The van der Waals surface area contributed by atoms with E-state index in [1.54, 1.807) is 60.7 Å². The Morgan fingerprint density at radius 1 is 0.367 bits per heavy atom. The molecule has 0 aliphatic heterocycles. The van der Waals surface area contributed by atoms with Crippen molar-refractivity contribution < 1.29 is 22.3 Å². The first-order valence-electron chi connectivity index (χ1n) is 16.7. The predicted molar refractivity (Wildman–Crippen MR) is 187 cm³/mol. The maximum Gasteiger partial charge on any atom is 0.132 e. The van der Waals surface area contributed by atoms with Crippen molar-refractivity contribution in [3.63, 3.8) is 0 Å². The molecule has 0 spiro atoms. The minimum Gasteiger partial charge on any atom is -0.356 e. The molecule has 0 radical (unpaired) electrons. The average molecular weight is 659 g/mol. The third kappa shape index (κ3) is 8.73. The molecule has 0 saturated heterocycles. The summed E-state index contributed by atoms with van der Waals surface area (Å²) in [6, 6.07) is 42.6. The zero-order valence-electron chi connectivity index (χ0n) is 27.2. The lowest BCUT2D eigenvalue weighted by atomic mass is 9.94. The van der Waals surface area contributed by atoms with Crippen LogP contribution in [0.3, 0.4) is 0 Å². The summed E-state index contributed by atoms with van der Waals surface area (Å²) in [6.07, 6.45) is 1.38. The van der Waals surface area contributed by atoms with Gasteiger partial charge >= 0.3 is 0 Å². The van der Waals surface area contributed by atoms with Crippen molar-refractivity contribution in [3.8, 4) is 0 Å². The normalized spacial score (nSPS) is 12.5. The Hall–Kier alpha value is -5.00. The Morgan fingerprint density at radius 3 is 0.980 bits per heavy atom. The maximum atomic E-state index is 16.0. The van der Waals surface area contributed by atoms with Gasteiger partial charge in [0.1, 0.15) is 35.5 Å². The van der Waals surface area contributed by atoms with Gasteiger partial charge in [-0.15, -0.1) is 0 Å². The number of ether oxygens (including phenoxy) is 1. The quantitative estimate of drug-likeness (QED) is 0.106. The second-order valence-corrected chi connectivity index (χ2v) is 12.3. The highest BCUT2D eigenvalue weighted by Gasteiger charge is 2.31.